The molecule has 0 aliphatic rings. The monoisotopic (exact) mass is 383 g/mol. The first kappa shape index (κ1) is 19.1. The van der Waals surface area contributed by atoms with E-state index in [-0.39, 0.29) is 30.7 Å². The lowest BCUT2D eigenvalue weighted by molar-refractivity contribution is -0.121. The summed E-state index contributed by atoms with van der Waals surface area (Å²) in [5.41, 5.74) is 1.90. The zero-order valence-electron chi connectivity index (χ0n) is 15.2. The second kappa shape index (κ2) is 8.82. The molecule has 3 rings (SSSR count). The van der Waals surface area contributed by atoms with E-state index < -0.39 is 0 Å². The summed E-state index contributed by atoms with van der Waals surface area (Å²) >= 11 is 5.99. The summed E-state index contributed by atoms with van der Waals surface area (Å²) in [7, 11) is 0. The summed E-state index contributed by atoms with van der Waals surface area (Å²) in [6, 6.07) is 15.5. The van der Waals surface area contributed by atoms with Crippen LogP contribution in [0.5, 0.6) is 0 Å². The maximum absolute atomic E-state index is 12.4. The number of carbonyl (C=O) groups excluding carboxylic acids is 2. The number of carbonyl (C=O) groups is 2. The van der Waals surface area contributed by atoms with E-state index in [1.54, 1.807) is 18.3 Å². The molecule has 0 aliphatic carbocycles. The van der Waals surface area contributed by atoms with E-state index in [2.05, 4.69) is 22.5 Å². The van der Waals surface area contributed by atoms with E-state index >= 15 is 0 Å². The standard InChI is InChI=1S/C21H22ClN3O2/c1-15(7-8-16-5-3-2-4-6-16)24-20(26)11-12-21(27)25-19-13-18(22)10-9-17(19)14-23-25/h2-6,9-10,13-15H,7-8,11-12H2,1H3,(H,24,26)/t15-/m1/s1. The van der Waals surface area contributed by atoms with Gasteiger partial charge in [-0.15, -0.1) is 0 Å². The van der Waals surface area contributed by atoms with Gasteiger partial charge in [-0.25, -0.2) is 4.68 Å². The Labute approximate surface area is 163 Å². The van der Waals surface area contributed by atoms with Crippen molar-refractivity contribution >= 4 is 34.3 Å². The highest BCUT2D eigenvalue weighted by Gasteiger charge is 2.14. The first-order chi connectivity index (χ1) is 13.0. The predicted molar refractivity (Wildman–Crippen MR) is 107 cm³/mol. The van der Waals surface area contributed by atoms with Crippen LogP contribution >= 0.6 is 11.6 Å². The average molecular weight is 384 g/mol. The van der Waals surface area contributed by atoms with E-state index in [0.29, 0.717) is 10.5 Å². The molecule has 1 N–H and O–H groups in total. The fourth-order valence-corrected chi connectivity index (χ4v) is 3.13. The zero-order valence-corrected chi connectivity index (χ0v) is 15.9. The lowest BCUT2D eigenvalue weighted by Gasteiger charge is -2.13. The molecular weight excluding hydrogens is 362 g/mol. The number of hydrogen-bond donors (Lipinski definition) is 1. The highest BCUT2D eigenvalue weighted by atomic mass is 35.5. The minimum absolute atomic E-state index is 0.0529. The number of rotatable bonds is 7. The SMILES string of the molecule is C[C@H](CCc1ccccc1)NC(=O)CCC(=O)n1ncc2ccc(Cl)cc21. The van der Waals surface area contributed by atoms with Crippen LogP contribution in [0.25, 0.3) is 10.9 Å². The van der Waals surface area contributed by atoms with Gasteiger partial charge in [0.15, 0.2) is 0 Å². The molecule has 1 heterocycles. The summed E-state index contributed by atoms with van der Waals surface area (Å²) in [4.78, 5) is 24.6. The molecule has 0 fully saturated rings. The third-order valence-electron chi connectivity index (χ3n) is 4.45. The van der Waals surface area contributed by atoms with Gasteiger partial charge < -0.3 is 5.32 Å². The van der Waals surface area contributed by atoms with Gasteiger partial charge in [0.05, 0.1) is 11.7 Å². The van der Waals surface area contributed by atoms with Gasteiger partial charge in [-0.05, 0) is 43.5 Å². The van der Waals surface area contributed by atoms with Crippen molar-refractivity contribution < 1.29 is 9.59 Å². The molecule has 0 saturated carbocycles. The molecule has 1 aromatic heterocycles. The summed E-state index contributed by atoms with van der Waals surface area (Å²) in [5, 5.41) is 8.45. The number of benzene rings is 2. The lowest BCUT2D eigenvalue weighted by Crippen LogP contribution is -2.33. The first-order valence-electron chi connectivity index (χ1n) is 9.02. The second-order valence-electron chi connectivity index (χ2n) is 6.65. The van der Waals surface area contributed by atoms with Gasteiger partial charge in [-0.3, -0.25) is 9.59 Å². The number of nitrogens with zero attached hydrogens (tertiary/aromatic N) is 2. The van der Waals surface area contributed by atoms with E-state index in [4.69, 9.17) is 11.6 Å². The van der Waals surface area contributed by atoms with Gasteiger partial charge >= 0.3 is 0 Å². The largest absolute Gasteiger partial charge is 0.354 e. The minimum atomic E-state index is -0.223. The predicted octanol–water partition coefficient (Wildman–Crippen LogP) is 4.25. The van der Waals surface area contributed by atoms with Gasteiger partial charge in [0.1, 0.15) is 0 Å². The maximum atomic E-state index is 12.4. The van der Waals surface area contributed by atoms with Crippen molar-refractivity contribution in [3.8, 4) is 0 Å². The lowest BCUT2D eigenvalue weighted by atomic mass is 10.1. The first-order valence-corrected chi connectivity index (χ1v) is 9.40. The van der Waals surface area contributed by atoms with Crippen molar-refractivity contribution in [2.45, 2.75) is 38.6 Å². The van der Waals surface area contributed by atoms with Crippen molar-refractivity contribution in [3.05, 3.63) is 65.3 Å². The number of fused-ring (bicyclic) bond motifs is 1. The number of amides is 1. The molecule has 6 heteroatoms. The Kier molecular flexibility index (Phi) is 6.24. The van der Waals surface area contributed by atoms with Gasteiger partial charge in [0, 0.05) is 29.3 Å². The zero-order chi connectivity index (χ0) is 19.2. The van der Waals surface area contributed by atoms with Crippen molar-refractivity contribution in [1.29, 1.82) is 0 Å². The molecule has 0 saturated heterocycles. The van der Waals surface area contributed by atoms with E-state index in [0.717, 1.165) is 18.2 Å². The van der Waals surface area contributed by atoms with Crippen LogP contribution < -0.4 is 5.32 Å². The number of halogens is 1. The number of nitrogens with one attached hydrogen (secondary N) is 1. The van der Waals surface area contributed by atoms with Crippen LogP contribution in [0, 0.1) is 0 Å². The summed E-state index contributed by atoms with van der Waals surface area (Å²) in [5.74, 6) is -0.349. The van der Waals surface area contributed by atoms with Gasteiger partial charge in [-0.1, -0.05) is 41.9 Å². The van der Waals surface area contributed by atoms with E-state index in [1.807, 2.05) is 31.2 Å². The van der Waals surface area contributed by atoms with Crippen LogP contribution in [0.15, 0.2) is 54.7 Å². The fourth-order valence-electron chi connectivity index (χ4n) is 2.96. The van der Waals surface area contributed by atoms with E-state index in [1.165, 1.54) is 10.2 Å². The maximum Gasteiger partial charge on any atom is 0.247 e. The smallest absolute Gasteiger partial charge is 0.247 e. The molecule has 0 aliphatic heterocycles. The molecule has 27 heavy (non-hydrogen) atoms. The number of aryl methyl sites for hydroxylation is 1. The van der Waals surface area contributed by atoms with Gasteiger partial charge in [0.2, 0.25) is 11.8 Å². The Morgan fingerprint density at radius 3 is 2.70 bits per heavy atom. The van der Waals surface area contributed by atoms with Crippen LogP contribution in [0.2, 0.25) is 5.02 Å². The molecule has 1 atom stereocenters. The van der Waals surface area contributed by atoms with Crippen LogP contribution in [-0.2, 0) is 11.2 Å². The van der Waals surface area contributed by atoms with Crippen molar-refractivity contribution in [3.63, 3.8) is 0 Å². The molecule has 0 bridgehead atoms. The van der Waals surface area contributed by atoms with E-state index in [9.17, 15) is 9.59 Å². The summed E-state index contributed by atoms with van der Waals surface area (Å²) in [6.45, 7) is 1.98. The van der Waals surface area contributed by atoms with Crippen molar-refractivity contribution in [1.82, 2.24) is 15.1 Å². The molecule has 0 radical (unpaired) electrons. The van der Waals surface area contributed by atoms with Crippen LogP contribution in [-0.4, -0.2) is 27.6 Å². The normalized spacial score (nSPS) is 12.1. The Morgan fingerprint density at radius 1 is 1.15 bits per heavy atom. The van der Waals surface area contributed by atoms with Gasteiger partial charge in [0.25, 0.3) is 0 Å². The average Bonchev–Trinajstić information content (AvgIpc) is 3.08. The molecule has 0 spiro atoms. The number of hydrogen-bond acceptors (Lipinski definition) is 3. The molecule has 5 nitrogen and oxygen atoms in total. The highest BCUT2D eigenvalue weighted by Crippen LogP contribution is 2.19. The van der Waals surface area contributed by atoms with Crippen LogP contribution in [0.3, 0.4) is 0 Å². The Balaban J connectivity index is 1.48. The topological polar surface area (TPSA) is 64.0 Å². The number of aromatic nitrogens is 2. The molecule has 2 aromatic carbocycles. The third kappa shape index (κ3) is 5.17. The Morgan fingerprint density at radius 2 is 1.93 bits per heavy atom. The molecule has 1 amide bonds. The van der Waals surface area contributed by atoms with Crippen LogP contribution in [0.4, 0.5) is 0 Å². The van der Waals surface area contributed by atoms with Crippen LogP contribution in [0.1, 0.15) is 36.5 Å². The van der Waals surface area contributed by atoms with Crippen molar-refractivity contribution in [2.24, 2.45) is 0 Å². The third-order valence-corrected chi connectivity index (χ3v) is 4.69. The fraction of sp³-hybridized carbons (Fsp3) is 0.286. The minimum Gasteiger partial charge on any atom is -0.354 e. The van der Waals surface area contributed by atoms with Gasteiger partial charge in [-0.2, -0.15) is 5.10 Å². The quantitative estimate of drug-likeness (QED) is 0.663. The molecule has 3 aromatic rings. The van der Waals surface area contributed by atoms with Crippen molar-refractivity contribution in [2.75, 3.05) is 0 Å². The Bertz CT molecular complexity index is 937. The summed E-state index contributed by atoms with van der Waals surface area (Å²) < 4.78 is 1.31. The Hall–Kier alpha value is -2.66. The summed E-state index contributed by atoms with van der Waals surface area (Å²) in [6.07, 6.45) is 3.61. The second-order valence-corrected chi connectivity index (χ2v) is 7.08. The molecule has 0 unspecified atom stereocenters. The highest BCUT2D eigenvalue weighted by molar-refractivity contribution is 6.31. The molecule has 140 valence electrons. The molecular formula is C21H22ClN3O2.